The molecular formula is C16H21BrN2S2. The third kappa shape index (κ3) is 3.26. The van der Waals surface area contributed by atoms with Crippen molar-refractivity contribution in [3.8, 4) is 9.88 Å². The van der Waals surface area contributed by atoms with Gasteiger partial charge in [0.25, 0.3) is 0 Å². The van der Waals surface area contributed by atoms with E-state index in [2.05, 4.69) is 53.5 Å². The van der Waals surface area contributed by atoms with E-state index in [9.17, 15) is 0 Å². The minimum atomic E-state index is 0.330. The average molecular weight is 385 g/mol. The topological polar surface area (TPSA) is 24.9 Å². The number of fused-ring (bicyclic) bond motifs is 1. The molecule has 1 aliphatic rings. The van der Waals surface area contributed by atoms with Gasteiger partial charge in [-0.25, -0.2) is 4.98 Å². The predicted molar refractivity (Wildman–Crippen MR) is 96.3 cm³/mol. The molecule has 0 radical (unpaired) electrons. The second kappa shape index (κ2) is 6.11. The molecule has 0 bridgehead atoms. The van der Waals surface area contributed by atoms with Crippen LogP contribution >= 0.6 is 38.6 Å². The van der Waals surface area contributed by atoms with Gasteiger partial charge in [0.1, 0.15) is 5.01 Å². The van der Waals surface area contributed by atoms with Gasteiger partial charge < -0.3 is 5.32 Å². The molecule has 2 heterocycles. The van der Waals surface area contributed by atoms with Crippen LogP contribution in [0.2, 0.25) is 0 Å². The van der Waals surface area contributed by atoms with Gasteiger partial charge in [-0.1, -0.05) is 20.8 Å². The van der Waals surface area contributed by atoms with Gasteiger partial charge in [0.05, 0.1) is 10.6 Å². The fourth-order valence-corrected chi connectivity index (χ4v) is 5.91. The van der Waals surface area contributed by atoms with E-state index >= 15 is 0 Å². The Hall–Kier alpha value is -0.230. The summed E-state index contributed by atoms with van der Waals surface area (Å²) in [7, 11) is 0. The zero-order chi connectivity index (χ0) is 15.0. The summed E-state index contributed by atoms with van der Waals surface area (Å²) in [4.78, 5) is 7.69. The third-order valence-electron chi connectivity index (χ3n) is 3.90. The van der Waals surface area contributed by atoms with Crippen LogP contribution in [0.1, 0.15) is 50.2 Å². The van der Waals surface area contributed by atoms with E-state index in [4.69, 9.17) is 4.98 Å². The number of hydrogen-bond donors (Lipinski definition) is 1. The lowest BCUT2D eigenvalue weighted by molar-refractivity contribution is 0.258. The number of aromatic nitrogens is 1. The summed E-state index contributed by atoms with van der Waals surface area (Å²) in [6, 6.07) is 2.57. The SMILES string of the molecule is CCCNC1CC(C)(C)Cc2nc(-c3sccc3Br)sc21. The van der Waals surface area contributed by atoms with Crippen LogP contribution in [0.3, 0.4) is 0 Å². The number of nitrogens with one attached hydrogen (secondary N) is 1. The van der Waals surface area contributed by atoms with E-state index < -0.39 is 0 Å². The van der Waals surface area contributed by atoms with Gasteiger partial charge in [0, 0.05) is 15.4 Å². The van der Waals surface area contributed by atoms with E-state index in [1.807, 2.05) is 11.3 Å². The molecular weight excluding hydrogens is 364 g/mol. The maximum atomic E-state index is 4.97. The van der Waals surface area contributed by atoms with Crippen LogP contribution in [-0.4, -0.2) is 11.5 Å². The minimum Gasteiger partial charge on any atom is -0.309 e. The number of nitrogens with zero attached hydrogens (tertiary/aromatic N) is 1. The summed E-state index contributed by atoms with van der Waals surface area (Å²) >= 11 is 7.28. The van der Waals surface area contributed by atoms with E-state index in [1.165, 1.54) is 33.3 Å². The van der Waals surface area contributed by atoms with E-state index in [1.54, 1.807) is 11.3 Å². The Bertz CT molecular complexity index is 630. The summed E-state index contributed by atoms with van der Waals surface area (Å²) in [6.07, 6.45) is 3.47. The van der Waals surface area contributed by atoms with Crippen LogP contribution in [0, 0.1) is 5.41 Å². The Morgan fingerprint density at radius 1 is 1.48 bits per heavy atom. The Morgan fingerprint density at radius 3 is 2.95 bits per heavy atom. The molecule has 0 aromatic carbocycles. The largest absolute Gasteiger partial charge is 0.309 e. The lowest BCUT2D eigenvalue weighted by atomic mass is 9.76. The number of hydrogen-bond acceptors (Lipinski definition) is 4. The van der Waals surface area contributed by atoms with Crippen molar-refractivity contribution in [3.63, 3.8) is 0 Å². The first-order valence-electron chi connectivity index (χ1n) is 7.46. The summed E-state index contributed by atoms with van der Waals surface area (Å²) in [5.74, 6) is 0. The number of thiazole rings is 1. The molecule has 1 unspecified atom stereocenters. The van der Waals surface area contributed by atoms with E-state index in [0.717, 1.165) is 17.4 Å². The Morgan fingerprint density at radius 2 is 2.29 bits per heavy atom. The number of halogens is 1. The molecule has 0 amide bonds. The lowest BCUT2D eigenvalue weighted by Gasteiger charge is -2.34. The Labute approximate surface area is 143 Å². The molecule has 114 valence electrons. The molecule has 1 aliphatic carbocycles. The van der Waals surface area contributed by atoms with Crippen LogP contribution < -0.4 is 5.32 Å². The van der Waals surface area contributed by atoms with E-state index in [0.29, 0.717) is 11.5 Å². The molecule has 0 saturated heterocycles. The third-order valence-corrected chi connectivity index (χ3v) is 7.10. The second-order valence-corrected chi connectivity index (χ2v) is 9.28. The van der Waals surface area contributed by atoms with Gasteiger partial charge in [0.15, 0.2) is 0 Å². The van der Waals surface area contributed by atoms with Crippen molar-refractivity contribution in [1.82, 2.24) is 10.3 Å². The van der Waals surface area contributed by atoms with Crippen molar-refractivity contribution in [3.05, 3.63) is 26.5 Å². The molecule has 1 N–H and O–H groups in total. The van der Waals surface area contributed by atoms with Crippen LogP contribution in [-0.2, 0) is 6.42 Å². The van der Waals surface area contributed by atoms with Gasteiger partial charge in [-0.2, -0.15) is 0 Å². The standard InChI is InChI=1S/C16H21BrN2S2/c1-4-6-18-11-8-16(2,3)9-12-14(11)21-15(19-12)13-10(17)5-7-20-13/h5,7,11,18H,4,6,8-9H2,1-3H3. The first kappa shape index (κ1) is 15.7. The lowest BCUT2D eigenvalue weighted by Crippen LogP contribution is -2.33. The Balaban J connectivity index is 1.97. The monoisotopic (exact) mass is 384 g/mol. The molecule has 0 fully saturated rings. The zero-order valence-electron chi connectivity index (χ0n) is 12.7. The fraction of sp³-hybridized carbons (Fsp3) is 0.562. The summed E-state index contributed by atoms with van der Waals surface area (Å²) < 4.78 is 1.16. The molecule has 21 heavy (non-hydrogen) atoms. The fourth-order valence-electron chi connectivity index (χ4n) is 2.96. The molecule has 0 saturated carbocycles. The van der Waals surface area contributed by atoms with Crippen LogP contribution in [0.5, 0.6) is 0 Å². The zero-order valence-corrected chi connectivity index (χ0v) is 15.9. The highest BCUT2D eigenvalue weighted by Crippen LogP contribution is 2.46. The van der Waals surface area contributed by atoms with Crippen LogP contribution in [0.4, 0.5) is 0 Å². The summed E-state index contributed by atoms with van der Waals surface area (Å²) in [6.45, 7) is 8.02. The maximum Gasteiger partial charge on any atom is 0.135 e. The minimum absolute atomic E-state index is 0.330. The molecule has 1 atom stereocenters. The highest BCUT2D eigenvalue weighted by atomic mass is 79.9. The van der Waals surface area contributed by atoms with Crippen molar-refractivity contribution in [1.29, 1.82) is 0 Å². The first-order valence-corrected chi connectivity index (χ1v) is 9.95. The molecule has 2 aromatic rings. The van der Waals surface area contributed by atoms with Gasteiger partial charge >= 0.3 is 0 Å². The predicted octanol–water partition coefficient (Wildman–Crippen LogP) is 5.65. The molecule has 0 spiro atoms. The molecule has 3 rings (SSSR count). The van der Waals surface area contributed by atoms with Gasteiger partial charge in [0.2, 0.25) is 0 Å². The highest BCUT2D eigenvalue weighted by molar-refractivity contribution is 9.10. The molecule has 2 aromatic heterocycles. The van der Waals surface area contributed by atoms with Crippen LogP contribution in [0.15, 0.2) is 15.9 Å². The molecule has 2 nitrogen and oxygen atoms in total. The Kier molecular flexibility index (Phi) is 4.55. The molecule has 5 heteroatoms. The van der Waals surface area contributed by atoms with Crippen molar-refractivity contribution in [2.45, 2.75) is 46.1 Å². The summed E-state index contributed by atoms with van der Waals surface area (Å²) in [5.41, 5.74) is 1.64. The van der Waals surface area contributed by atoms with Crippen LogP contribution in [0.25, 0.3) is 9.88 Å². The average Bonchev–Trinajstić information content (AvgIpc) is 3.00. The number of rotatable bonds is 4. The smallest absolute Gasteiger partial charge is 0.135 e. The quantitative estimate of drug-likeness (QED) is 0.736. The van der Waals surface area contributed by atoms with Gasteiger partial charge in [-0.3, -0.25) is 0 Å². The number of thiophene rings is 1. The molecule has 0 aliphatic heterocycles. The highest BCUT2D eigenvalue weighted by Gasteiger charge is 2.35. The van der Waals surface area contributed by atoms with Gasteiger partial charge in [-0.15, -0.1) is 22.7 Å². The normalized spacial score (nSPS) is 20.5. The van der Waals surface area contributed by atoms with Crippen molar-refractivity contribution >= 4 is 38.6 Å². The van der Waals surface area contributed by atoms with E-state index in [-0.39, 0.29) is 0 Å². The first-order chi connectivity index (χ1) is 10.00. The maximum absolute atomic E-state index is 4.97. The van der Waals surface area contributed by atoms with Crippen molar-refractivity contribution < 1.29 is 0 Å². The van der Waals surface area contributed by atoms with Gasteiger partial charge in [-0.05, 0) is 58.6 Å². The van der Waals surface area contributed by atoms with Crippen molar-refractivity contribution in [2.24, 2.45) is 5.41 Å². The second-order valence-electron chi connectivity index (χ2n) is 6.48. The van der Waals surface area contributed by atoms with Crippen molar-refractivity contribution in [2.75, 3.05) is 6.54 Å². The summed E-state index contributed by atoms with van der Waals surface area (Å²) in [5, 5.41) is 7.01.